The fourth-order valence-electron chi connectivity index (χ4n) is 2.37. The van der Waals surface area contributed by atoms with Gasteiger partial charge >= 0.3 is 0 Å². The number of hydrogen-bond acceptors (Lipinski definition) is 4. The summed E-state index contributed by atoms with van der Waals surface area (Å²) < 4.78 is 0. The Morgan fingerprint density at radius 3 is 2.25 bits per heavy atom. The van der Waals surface area contributed by atoms with Crippen molar-refractivity contribution in [2.45, 2.75) is 46.5 Å². The Morgan fingerprint density at radius 1 is 1.10 bits per heavy atom. The lowest BCUT2D eigenvalue weighted by Gasteiger charge is -2.24. The van der Waals surface area contributed by atoms with E-state index in [1.165, 1.54) is 12.7 Å². The molecular formula is C16H21N3O. The summed E-state index contributed by atoms with van der Waals surface area (Å²) in [4.78, 5) is 12.1. The molecule has 0 amide bonds. The Kier molecular flexibility index (Phi) is 3.75. The summed E-state index contributed by atoms with van der Waals surface area (Å²) >= 11 is 0. The Labute approximate surface area is 119 Å². The summed E-state index contributed by atoms with van der Waals surface area (Å²) in [5.41, 5.74) is 4.06. The number of nitrogens with zero attached hydrogens (tertiary/aromatic N) is 3. The van der Waals surface area contributed by atoms with Gasteiger partial charge in [-0.05, 0) is 41.5 Å². The number of aromatic nitrogens is 3. The van der Waals surface area contributed by atoms with E-state index in [9.17, 15) is 5.11 Å². The molecule has 0 spiro atoms. The second kappa shape index (κ2) is 5.19. The van der Waals surface area contributed by atoms with Gasteiger partial charge < -0.3 is 5.11 Å². The average Bonchev–Trinajstić information content (AvgIpc) is 2.39. The van der Waals surface area contributed by atoms with E-state index in [1.807, 2.05) is 6.92 Å². The van der Waals surface area contributed by atoms with Gasteiger partial charge in [-0.2, -0.15) is 0 Å². The van der Waals surface area contributed by atoms with Gasteiger partial charge in [0.25, 0.3) is 0 Å². The smallest absolute Gasteiger partial charge is 0.136 e. The molecule has 0 atom stereocenters. The largest absolute Gasteiger partial charge is 0.507 e. The number of aromatic hydroxyl groups is 1. The van der Waals surface area contributed by atoms with E-state index in [0.29, 0.717) is 18.0 Å². The second-order valence-electron chi connectivity index (χ2n) is 6.17. The highest BCUT2D eigenvalue weighted by Gasteiger charge is 2.22. The van der Waals surface area contributed by atoms with Gasteiger partial charge in [0.1, 0.15) is 24.2 Å². The monoisotopic (exact) mass is 271 g/mol. The molecule has 106 valence electrons. The first-order valence-electron chi connectivity index (χ1n) is 6.74. The molecular weight excluding hydrogens is 250 g/mol. The van der Waals surface area contributed by atoms with Crippen molar-refractivity contribution < 1.29 is 5.11 Å². The SMILES string of the molecule is Cc1cc(C(C)(C)C)c(O)c(C)c1Cc1ncncn1. The van der Waals surface area contributed by atoms with Crippen molar-refractivity contribution in [3.05, 3.63) is 46.8 Å². The fraction of sp³-hybridized carbons (Fsp3) is 0.438. The maximum atomic E-state index is 10.5. The molecule has 0 aliphatic heterocycles. The van der Waals surface area contributed by atoms with Crippen molar-refractivity contribution >= 4 is 0 Å². The Balaban J connectivity index is 2.49. The van der Waals surface area contributed by atoms with Crippen LogP contribution < -0.4 is 0 Å². The molecule has 20 heavy (non-hydrogen) atoms. The summed E-state index contributed by atoms with van der Waals surface area (Å²) in [7, 11) is 0. The molecule has 1 aromatic heterocycles. The summed E-state index contributed by atoms with van der Waals surface area (Å²) in [6, 6.07) is 2.07. The van der Waals surface area contributed by atoms with Crippen LogP contribution in [0.3, 0.4) is 0 Å². The van der Waals surface area contributed by atoms with E-state index in [4.69, 9.17) is 0 Å². The van der Waals surface area contributed by atoms with E-state index < -0.39 is 0 Å². The lowest BCUT2D eigenvalue weighted by molar-refractivity contribution is 0.441. The number of phenols is 1. The minimum atomic E-state index is -0.0781. The highest BCUT2D eigenvalue weighted by atomic mass is 16.3. The Morgan fingerprint density at radius 2 is 1.70 bits per heavy atom. The van der Waals surface area contributed by atoms with Crippen LogP contribution in [0.4, 0.5) is 0 Å². The molecule has 0 saturated heterocycles. The molecule has 0 saturated carbocycles. The maximum Gasteiger partial charge on any atom is 0.136 e. The molecule has 1 aromatic carbocycles. The first-order valence-corrected chi connectivity index (χ1v) is 6.74. The van der Waals surface area contributed by atoms with E-state index in [-0.39, 0.29) is 5.41 Å². The van der Waals surface area contributed by atoms with E-state index >= 15 is 0 Å². The number of aryl methyl sites for hydroxylation is 1. The molecule has 1 N–H and O–H groups in total. The first-order chi connectivity index (χ1) is 9.30. The summed E-state index contributed by atoms with van der Waals surface area (Å²) in [6.07, 6.45) is 3.60. The van der Waals surface area contributed by atoms with Crippen LogP contribution in [0.15, 0.2) is 18.7 Å². The standard InChI is InChI=1S/C16H21N3O/c1-10-6-13(16(3,4)5)15(20)11(2)12(10)7-14-18-8-17-9-19-14/h6,8-9,20H,7H2,1-5H3. The molecule has 0 fully saturated rings. The van der Waals surface area contributed by atoms with Gasteiger partial charge in [0.15, 0.2) is 0 Å². The molecule has 0 aliphatic rings. The van der Waals surface area contributed by atoms with Gasteiger partial charge in [-0.15, -0.1) is 0 Å². The van der Waals surface area contributed by atoms with Crippen molar-refractivity contribution in [2.24, 2.45) is 0 Å². The summed E-state index contributed by atoms with van der Waals surface area (Å²) in [5.74, 6) is 1.10. The molecule has 2 aromatic rings. The Bertz CT molecular complexity index is 616. The highest BCUT2D eigenvalue weighted by Crippen LogP contribution is 2.36. The predicted molar refractivity (Wildman–Crippen MR) is 78.9 cm³/mol. The van der Waals surface area contributed by atoms with Crippen LogP contribution in [0.5, 0.6) is 5.75 Å². The minimum Gasteiger partial charge on any atom is -0.507 e. The van der Waals surface area contributed by atoms with Crippen LogP contribution in [-0.2, 0) is 11.8 Å². The molecule has 2 rings (SSSR count). The zero-order valence-corrected chi connectivity index (χ0v) is 12.7. The molecule has 0 bridgehead atoms. The normalized spacial score (nSPS) is 11.7. The number of rotatable bonds is 2. The van der Waals surface area contributed by atoms with Crippen molar-refractivity contribution in [1.29, 1.82) is 0 Å². The maximum absolute atomic E-state index is 10.5. The molecule has 4 nitrogen and oxygen atoms in total. The van der Waals surface area contributed by atoms with E-state index in [2.05, 4.69) is 48.7 Å². The lowest BCUT2D eigenvalue weighted by Crippen LogP contribution is -2.13. The molecule has 0 unspecified atom stereocenters. The fourth-order valence-corrected chi connectivity index (χ4v) is 2.37. The van der Waals surface area contributed by atoms with Crippen molar-refractivity contribution in [2.75, 3.05) is 0 Å². The highest BCUT2D eigenvalue weighted by molar-refractivity contribution is 5.52. The minimum absolute atomic E-state index is 0.0781. The van der Waals surface area contributed by atoms with Crippen LogP contribution in [0.25, 0.3) is 0 Å². The van der Waals surface area contributed by atoms with Gasteiger partial charge in [0.2, 0.25) is 0 Å². The molecule has 0 radical (unpaired) electrons. The first kappa shape index (κ1) is 14.4. The third-order valence-corrected chi connectivity index (χ3v) is 3.59. The number of phenolic OH excluding ortho intramolecular Hbond substituents is 1. The van der Waals surface area contributed by atoms with Crippen molar-refractivity contribution in [1.82, 2.24) is 15.0 Å². The van der Waals surface area contributed by atoms with Crippen LogP contribution in [0.1, 0.15) is 48.8 Å². The zero-order chi connectivity index (χ0) is 14.9. The van der Waals surface area contributed by atoms with Crippen molar-refractivity contribution in [3.63, 3.8) is 0 Å². The van der Waals surface area contributed by atoms with E-state index in [1.54, 1.807) is 0 Å². The topological polar surface area (TPSA) is 58.9 Å². The van der Waals surface area contributed by atoms with Gasteiger partial charge in [-0.3, -0.25) is 0 Å². The van der Waals surface area contributed by atoms with E-state index in [0.717, 1.165) is 22.3 Å². The van der Waals surface area contributed by atoms with Gasteiger partial charge in [-0.1, -0.05) is 26.8 Å². The molecule has 0 aliphatic carbocycles. The van der Waals surface area contributed by atoms with Gasteiger partial charge in [0.05, 0.1) is 0 Å². The Hall–Kier alpha value is -1.97. The van der Waals surface area contributed by atoms with Crippen LogP contribution in [0, 0.1) is 13.8 Å². The van der Waals surface area contributed by atoms with Gasteiger partial charge in [-0.25, -0.2) is 15.0 Å². The summed E-state index contributed by atoms with van der Waals surface area (Å²) in [6.45, 7) is 10.3. The third-order valence-electron chi connectivity index (χ3n) is 3.59. The number of benzene rings is 1. The van der Waals surface area contributed by atoms with Crippen LogP contribution in [0.2, 0.25) is 0 Å². The van der Waals surface area contributed by atoms with Crippen LogP contribution in [-0.4, -0.2) is 20.1 Å². The number of hydrogen-bond donors (Lipinski definition) is 1. The van der Waals surface area contributed by atoms with Gasteiger partial charge in [0, 0.05) is 6.42 Å². The summed E-state index contributed by atoms with van der Waals surface area (Å²) in [5, 5.41) is 10.5. The third kappa shape index (κ3) is 2.79. The van der Waals surface area contributed by atoms with Crippen LogP contribution >= 0.6 is 0 Å². The zero-order valence-electron chi connectivity index (χ0n) is 12.7. The lowest BCUT2D eigenvalue weighted by atomic mass is 9.82. The molecule has 4 heteroatoms. The second-order valence-corrected chi connectivity index (χ2v) is 6.17. The average molecular weight is 271 g/mol. The predicted octanol–water partition coefficient (Wildman–Crippen LogP) is 3.08. The quantitative estimate of drug-likeness (QED) is 0.912. The van der Waals surface area contributed by atoms with Crippen molar-refractivity contribution in [3.8, 4) is 5.75 Å². The molecule has 1 heterocycles.